The van der Waals surface area contributed by atoms with Gasteiger partial charge in [-0.1, -0.05) is 5.16 Å². The topological polar surface area (TPSA) is 114 Å². The number of halogens is 1. The highest BCUT2D eigenvalue weighted by Gasteiger charge is 2.32. The number of hydrogen-bond acceptors (Lipinski definition) is 6. The van der Waals surface area contributed by atoms with E-state index in [0.29, 0.717) is 35.9 Å². The fraction of sp³-hybridized carbons (Fsp3) is 0.250. The van der Waals surface area contributed by atoms with Gasteiger partial charge in [-0.15, -0.1) is 0 Å². The maximum atomic E-state index is 13.1. The van der Waals surface area contributed by atoms with Crippen LogP contribution in [0.25, 0.3) is 11.4 Å². The Kier molecular flexibility index (Phi) is 5.38. The third-order valence-corrected chi connectivity index (χ3v) is 4.92. The van der Waals surface area contributed by atoms with Gasteiger partial charge >= 0.3 is 6.03 Å². The van der Waals surface area contributed by atoms with Crippen molar-refractivity contribution in [2.75, 3.05) is 11.9 Å². The van der Waals surface area contributed by atoms with E-state index in [4.69, 9.17) is 4.52 Å². The van der Waals surface area contributed by atoms with E-state index in [1.165, 1.54) is 36.4 Å². The SMILES string of the molecule is O=C(Nc1ccc([N+](=O)[O-])cc1)N1CCCCC1c1nc(-c2ccc(F)cc2)no1. The molecule has 1 saturated heterocycles. The number of nitrogens with zero attached hydrogens (tertiary/aromatic N) is 4. The largest absolute Gasteiger partial charge is 0.337 e. The average Bonchev–Trinajstić information content (AvgIpc) is 3.25. The number of non-ortho nitro benzene ring substituents is 1. The van der Waals surface area contributed by atoms with Crippen LogP contribution in [-0.2, 0) is 0 Å². The van der Waals surface area contributed by atoms with Gasteiger partial charge in [0.2, 0.25) is 11.7 Å². The van der Waals surface area contributed by atoms with E-state index in [-0.39, 0.29) is 17.5 Å². The number of urea groups is 1. The smallest absolute Gasteiger partial charge is 0.322 e. The number of anilines is 1. The molecule has 1 aliphatic rings. The first-order valence-corrected chi connectivity index (χ1v) is 9.43. The number of nitro benzene ring substituents is 1. The molecule has 2 heterocycles. The highest BCUT2D eigenvalue weighted by atomic mass is 19.1. The quantitative estimate of drug-likeness (QED) is 0.498. The van der Waals surface area contributed by atoms with Gasteiger partial charge in [-0.3, -0.25) is 10.1 Å². The number of nitro groups is 1. The van der Waals surface area contributed by atoms with Gasteiger partial charge in [0.25, 0.3) is 5.69 Å². The van der Waals surface area contributed by atoms with Gasteiger partial charge in [-0.05, 0) is 55.7 Å². The molecule has 9 nitrogen and oxygen atoms in total. The highest BCUT2D eigenvalue weighted by molar-refractivity contribution is 5.89. The predicted molar refractivity (Wildman–Crippen MR) is 105 cm³/mol. The molecule has 4 rings (SSSR count). The molecule has 2 aromatic carbocycles. The van der Waals surface area contributed by atoms with Crippen molar-refractivity contribution < 1.29 is 18.6 Å². The molecule has 1 unspecified atom stereocenters. The van der Waals surface area contributed by atoms with Crippen LogP contribution < -0.4 is 5.32 Å². The van der Waals surface area contributed by atoms with Crippen molar-refractivity contribution in [1.82, 2.24) is 15.0 Å². The number of hydrogen-bond donors (Lipinski definition) is 1. The molecule has 0 bridgehead atoms. The van der Waals surface area contributed by atoms with E-state index in [1.54, 1.807) is 17.0 Å². The molecule has 154 valence electrons. The third kappa shape index (κ3) is 4.12. The van der Waals surface area contributed by atoms with E-state index in [1.807, 2.05) is 0 Å². The van der Waals surface area contributed by atoms with Crippen molar-refractivity contribution in [2.24, 2.45) is 0 Å². The van der Waals surface area contributed by atoms with Crippen molar-refractivity contribution in [2.45, 2.75) is 25.3 Å². The summed E-state index contributed by atoms with van der Waals surface area (Å²) in [6.07, 6.45) is 2.40. The third-order valence-electron chi connectivity index (χ3n) is 4.92. The van der Waals surface area contributed by atoms with Crippen LogP contribution in [0.3, 0.4) is 0 Å². The summed E-state index contributed by atoms with van der Waals surface area (Å²) in [6.45, 7) is 0.512. The van der Waals surface area contributed by atoms with Gasteiger partial charge < -0.3 is 14.7 Å². The van der Waals surface area contributed by atoms with Crippen LogP contribution in [0.4, 0.5) is 20.6 Å². The summed E-state index contributed by atoms with van der Waals surface area (Å²) in [5.41, 5.74) is 1.01. The second kappa shape index (κ2) is 8.27. The van der Waals surface area contributed by atoms with Crippen molar-refractivity contribution in [3.05, 3.63) is 70.4 Å². The minimum Gasteiger partial charge on any atom is -0.337 e. The summed E-state index contributed by atoms with van der Waals surface area (Å²) in [5.74, 6) is 0.281. The molecule has 3 aromatic rings. The molecule has 30 heavy (non-hydrogen) atoms. The number of aromatic nitrogens is 2. The van der Waals surface area contributed by atoms with Crippen LogP contribution in [0.2, 0.25) is 0 Å². The zero-order valence-corrected chi connectivity index (χ0v) is 15.8. The van der Waals surface area contributed by atoms with Crippen LogP contribution >= 0.6 is 0 Å². The van der Waals surface area contributed by atoms with E-state index >= 15 is 0 Å². The molecular formula is C20H18FN5O4. The lowest BCUT2D eigenvalue weighted by Crippen LogP contribution is -2.41. The molecule has 1 atom stereocenters. The first kappa shape index (κ1) is 19.5. The molecule has 0 radical (unpaired) electrons. The standard InChI is InChI=1S/C20H18FN5O4/c21-14-6-4-13(5-7-14)18-23-19(30-24-18)17-3-1-2-12-25(17)20(27)22-15-8-10-16(11-9-15)26(28)29/h4-11,17H,1-3,12H2,(H,22,27). The van der Waals surface area contributed by atoms with Gasteiger partial charge in [0, 0.05) is 29.9 Å². The summed E-state index contributed by atoms with van der Waals surface area (Å²) in [6, 6.07) is 10.6. The number of piperidine rings is 1. The van der Waals surface area contributed by atoms with Gasteiger partial charge in [0.1, 0.15) is 11.9 Å². The van der Waals surface area contributed by atoms with Crippen molar-refractivity contribution in [1.29, 1.82) is 0 Å². The fourth-order valence-corrected chi connectivity index (χ4v) is 3.38. The van der Waals surface area contributed by atoms with Crippen LogP contribution in [0.5, 0.6) is 0 Å². The lowest BCUT2D eigenvalue weighted by atomic mass is 10.0. The van der Waals surface area contributed by atoms with Gasteiger partial charge in [0.15, 0.2) is 0 Å². The van der Waals surface area contributed by atoms with E-state index in [9.17, 15) is 19.3 Å². The Morgan fingerprint density at radius 1 is 1.17 bits per heavy atom. The maximum Gasteiger partial charge on any atom is 0.322 e. The lowest BCUT2D eigenvalue weighted by Gasteiger charge is -2.33. The zero-order valence-electron chi connectivity index (χ0n) is 15.8. The van der Waals surface area contributed by atoms with Crippen LogP contribution in [-0.4, -0.2) is 32.5 Å². The molecule has 0 saturated carbocycles. The fourth-order valence-electron chi connectivity index (χ4n) is 3.38. The van der Waals surface area contributed by atoms with Gasteiger partial charge in [0.05, 0.1) is 4.92 Å². The lowest BCUT2D eigenvalue weighted by molar-refractivity contribution is -0.384. The highest BCUT2D eigenvalue weighted by Crippen LogP contribution is 2.32. The number of carbonyl (C=O) groups excluding carboxylic acids is 1. The number of carbonyl (C=O) groups is 1. The first-order chi connectivity index (χ1) is 14.5. The summed E-state index contributed by atoms with van der Waals surface area (Å²) < 4.78 is 18.5. The molecule has 1 aromatic heterocycles. The van der Waals surface area contributed by atoms with E-state index in [0.717, 1.165) is 12.8 Å². The number of likely N-dealkylation sites (tertiary alicyclic amines) is 1. The molecule has 1 N–H and O–H groups in total. The summed E-state index contributed by atoms with van der Waals surface area (Å²) in [4.78, 5) is 29.1. The number of nitrogens with one attached hydrogen (secondary N) is 1. The molecule has 0 spiro atoms. The minimum atomic E-state index is -0.499. The monoisotopic (exact) mass is 411 g/mol. The second-order valence-corrected chi connectivity index (χ2v) is 6.90. The minimum absolute atomic E-state index is 0.0527. The van der Waals surface area contributed by atoms with Crippen molar-refractivity contribution >= 4 is 17.4 Å². The van der Waals surface area contributed by atoms with Crippen LogP contribution in [0, 0.1) is 15.9 Å². The van der Waals surface area contributed by atoms with Crippen molar-refractivity contribution in [3.8, 4) is 11.4 Å². The maximum absolute atomic E-state index is 13.1. The second-order valence-electron chi connectivity index (χ2n) is 6.90. The first-order valence-electron chi connectivity index (χ1n) is 9.43. The zero-order chi connectivity index (χ0) is 21.1. The molecule has 0 aliphatic carbocycles. The summed E-state index contributed by atoms with van der Waals surface area (Å²) >= 11 is 0. The Labute approximate surface area is 170 Å². The Morgan fingerprint density at radius 3 is 2.60 bits per heavy atom. The summed E-state index contributed by atoms with van der Waals surface area (Å²) in [5, 5.41) is 17.5. The Balaban J connectivity index is 1.50. The number of rotatable bonds is 4. The molecular weight excluding hydrogens is 393 g/mol. The predicted octanol–water partition coefficient (Wildman–Crippen LogP) is 4.54. The van der Waals surface area contributed by atoms with E-state index < -0.39 is 11.0 Å². The Hall–Kier alpha value is -3.82. The van der Waals surface area contributed by atoms with E-state index in [2.05, 4.69) is 15.5 Å². The van der Waals surface area contributed by atoms with Gasteiger partial charge in [-0.25, -0.2) is 9.18 Å². The molecule has 1 fully saturated rings. The van der Waals surface area contributed by atoms with Crippen molar-refractivity contribution in [3.63, 3.8) is 0 Å². The average molecular weight is 411 g/mol. The Morgan fingerprint density at radius 2 is 1.90 bits per heavy atom. The normalized spacial score (nSPS) is 16.3. The van der Waals surface area contributed by atoms with Gasteiger partial charge in [-0.2, -0.15) is 4.98 Å². The molecule has 2 amide bonds. The summed E-state index contributed by atoms with van der Waals surface area (Å²) in [7, 11) is 0. The number of amides is 2. The Bertz CT molecular complexity index is 1050. The van der Waals surface area contributed by atoms with Crippen LogP contribution in [0.15, 0.2) is 53.1 Å². The van der Waals surface area contributed by atoms with Crippen LogP contribution in [0.1, 0.15) is 31.2 Å². The number of benzene rings is 2. The molecule has 1 aliphatic heterocycles. The molecule has 10 heteroatoms.